The highest BCUT2D eigenvalue weighted by Gasteiger charge is 2.44. The Morgan fingerprint density at radius 2 is 1.43 bits per heavy atom. The van der Waals surface area contributed by atoms with E-state index in [0.29, 0.717) is 5.67 Å². The van der Waals surface area contributed by atoms with Gasteiger partial charge in [0.1, 0.15) is 0 Å². The van der Waals surface area contributed by atoms with Crippen molar-refractivity contribution in [3.8, 4) is 0 Å². The van der Waals surface area contributed by atoms with E-state index >= 15 is 0 Å². The second-order valence-electron chi connectivity index (χ2n) is 3.14. The molecule has 4 nitrogen and oxygen atoms in total. The largest absolute Gasteiger partial charge is 0.398 e. The van der Waals surface area contributed by atoms with Crippen molar-refractivity contribution >= 4 is 17.1 Å². The summed E-state index contributed by atoms with van der Waals surface area (Å²) in [6, 6.07) is 0. The molecule has 0 aromatic heterocycles. The SMILES string of the molecule is C=C[Si](C[Si](C)(OC)OC)(OC)OC. The minimum absolute atomic E-state index is 0.684. The fourth-order valence-corrected chi connectivity index (χ4v) is 8.28. The van der Waals surface area contributed by atoms with Gasteiger partial charge in [-0.1, -0.05) is 0 Å². The van der Waals surface area contributed by atoms with Gasteiger partial charge in [0.2, 0.25) is 0 Å². The molecule has 6 heteroatoms. The van der Waals surface area contributed by atoms with Gasteiger partial charge in [0.25, 0.3) is 0 Å². The van der Waals surface area contributed by atoms with Crippen LogP contribution in [-0.4, -0.2) is 45.6 Å². The van der Waals surface area contributed by atoms with E-state index in [0.717, 1.165) is 0 Å². The highest BCUT2D eigenvalue weighted by Crippen LogP contribution is 2.22. The maximum absolute atomic E-state index is 5.41. The van der Waals surface area contributed by atoms with Crippen LogP contribution in [0, 0.1) is 0 Å². The summed E-state index contributed by atoms with van der Waals surface area (Å²) in [6.45, 7) is 5.73. The first kappa shape index (κ1) is 14.0. The molecule has 0 atom stereocenters. The molecule has 0 N–H and O–H groups in total. The molecule has 0 aliphatic carbocycles. The van der Waals surface area contributed by atoms with Crippen molar-refractivity contribution < 1.29 is 17.7 Å². The third kappa shape index (κ3) is 3.30. The molecular weight excluding hydrogens is 216 g/mol. The molecule has 0 unspecified atom stereocenters. The Kier molecular flexibility index (Phi) is 5.79. The summed E-state index contributed by atoms with van der Waals surface area (Å²) >= 11 is 0. The van der Waals surface area contributed by atoms with Crippen molar-refractivity contribution in [3.05, 3.63) is 12.3 Å². The minimum Gasteiger partial charge on any atom is -0.398 e. The molecule has 0 bridgehead atoms. The van der Waals surface area contributed by atoms with Crippen LogP contribution in [0.5, 0.6) is 0 Å². The van der Waals surface area contributed by atoms with Gasteiger partial charge in [0, 0.05) is 34.1 Å². The highest BCUT2D eigenvalue weighted by molar-refractivity contribution is 6.88. The summed E-state index contributed by atoms with van der Waals surface area (Å²) in [4.78, 5) is 0. The average molecular weight is 236 g/mol. The van der Waals surface area contributed by atoms with E-state index in [2.05, 4.69) is 6.58 Å². The normalized spacial score (nSPS) is 12.9. The molecule has 0 aromatic rings. The van der Waals surface area contributed by atoms with Gasteiger partial charge in [0.15, 0.2) is 0 Å². The van der Waals surface area contributed by atoms with E-state index in [9.17, 15) is 0 Å². The van der Waals surface area contributed by atoms with Gasteiger partial charge in [0.05, 0.1) is 0 Å². The molecule has 84 valence electrons. The number of rotatable bonds is 7. The quantitative estimate of drug-likeness (QED) is 0.625. The maximum Gasteiger partial charge on any atom is 0.365 e. The summed E-state index contributed by atoms with van der Waals surface area (Å²) in [5.41, 5.74) is 2.44. The van der Waals surface area contributed by atoms with E-state index in [4.69, 9.17) is 17.7 Å². The topological polar surface area (TPSA) is 36.9 Å². The van der Waals surface area contributed by atoms with Crippen molar-refractivity contribution in [2.75, 3.05) is 28.4 Å². The Morgan fingerprint density at radius 1 is 1.00 bits per heavy atom. The van der Waals surface area contributed by atoms with E-state index in [1.807, 2.05) is 6.55 Å². The Bertz CT molecular complexity index is 178. The van der Waals surface area contributed by atoms with Gasteiger partial charge in [-0.25, -0.2) is 0 Å². The summed E-state index contributed by atoms with van der Waals surface area (Å²) in [6.07, 6.45) is 0. The molecule has 0 saturated heterocycles. The Morgan fingerprint density at radius 3 is 1.64 bits per heavy atom. The molecule has 0 amide bonds. The molecule has 0 radical (unpaired) electrons. The molecular formula is C8H20O4Si2. The molecule has 14 heavy (non-hydrogen) atoms. The molecule has 0 saturated carbocycles. The van der Waals surface area contributed by atoms with Crippen LogP contribution >= 0.6 is 0 Å². The lowest BCUT2D eigenvalue weighted by Crippen LogP contribution is -2.50. The molecule has 0 rings (SSSR count). The van der Waals surface area contributed by atoms with Gasteiger partial charge < -0.3 is 17.7 Å². The second-order valence-corrected chi connectivity index (χ2v) is 10.5. The molecule has 0 aliphatic rings. The first-order chi connectivity index (χ1) is 6.51. The van der Waals surface area contributed by atoms with Crippen LogP contribution in [0.3, 0.4) is 0 Å². The van der Waals surface area contributed by atoms with Gasteiger partial charge in [-0.05, 0) is 12.2 Å². The summed E-state index contributed by atoms with van der Waals surface area (Å²) in [7, 11) is 2.11. The van der Waals surface area contributed by atoms with Crippen LogP contribution < -0.4 is 0 Å². The fraction of sp³-hybridized carbons (Fsp3) is 0.750. The molecule has 0 aliphatic heterocycles. The van der Waals surface area contributed by atoms with Crippen LogP contribution in [0.15, 0.2) is 12.3 Å². The molecule has 0 spiro atoms. The van der Waals surface area contributed by atoms with Crippen LogP contribution in [0.25, 0.3) is 0 Å². The summed E-state index contributed by atoms with van der Waals surface area (Å²) < 4.78 is 21.6. The van der Waals surface area contributed by atoms with E-state index < -0.39 is 17.1 Å². The molecule has 0 heterocycles. The van der Waals surface area contributed by atoms with Gasteiger partial charge in [-0.2, -0.15) is 0 Å². The van der Waals surface area contributed by atoms with Crippen molar-refractivity contribution in [1.29, 1.82) is 0 Å². The van der Waals surface area contributed by atoms with E-state index in [1.165, 1.54) is 0 Å². The zero-order valence-electron chi connectivity index (χ0n) is 9.62. The predicted molar refractivity (Wildman–Crippen MR) is 60.4 cm³/mol. The monoisotopic (exact) mass is 236 g/mol. The predicted octanol–water partition coefficient (Wildman–Crippen LogP) is 1.35. The lowest BCUT2D eigenvalue weighted by atomic mass is 11.3. The van der Waals surface area contributed by atoms with Crippen LogP contribution in [-0.2, 0) is 17.7 Å². The molecule has 0 aromatic carbocycles. The van der Waals surface area contributed by atoms with Crippen molar-refractivity contribution in [2.45, 2.75) is 12.2 Å². The first-order valence-corrected chi connectivity index (χ1v) is 8.98. The summed E-state index contributed by atoms with van der Waals surface area (Å²) in [5.74, 6) is 0. The Hall–Kier alpha value is 0.0138. The third-order valence-electron chi connectivity index (χ3n) is 2.43. The lowest BCUT2D eigenvalue weighted by molar-refractivity contribution is 0.230. The van der Waals surface area contributed by atoms with Crippen molar-refractivity contribution in [3.63, 3.8) is 0 Å². The van der Waals surface area contributed by atoms with E-state index in [1.54, 1.807) is 34.1 Å². The number of hydrogen-bond donors (Lipinski definition) is 0. The van der Waals surface area contributed by atoms with Crippen molar-refractivity contribution in [1.82, 2.24) is 0 Å². The smallest absolute Gasteiger partial charge is 0.365 e. The molecule has 0 fully saturated rings. The van der Waals surface area contributed by atoms with Gasteiger partial charge >= 0.3 is 17.1 Å². The zero-order valence-corrected chi connectivity index (χ0v) is 11.6. The van der Waals surface area contributed by atoms with Crippen LogP contribution in [0.4, 0.5) is 0 Å². The standard InChI is InChI=1S/C8H20O4Si2/c1-7-14(11-4,12-5)8-13(6,9-2)10-3/h7H,1,8H2,2-6H3. The second kappa shape index (κ2) is 5.79. The fourth-order valence-electron chi connectivity index (χ4n) is 1.14. The average Bonchev–Trinajstić information content (AvgIpc) is 2.26. The highest BCUT2D eigenvalue weighted by atomic mass is 28.4. The van der Waals surface area contributed by atoms with Crippen molar-refractivity contribution in [2.24, 2.45) is 0 Å². The Balaban J connectivity index is 4.64. The van der Waals surface area contributed by atoms with Gasteiger partial charge in [-0.3, -0.25) is 0 Å². The summed E-state index contributed by atoms with van der Waals surface area (Å²) in [5, 5.41) is 0. The first-order valence-electron chi connectivity index (χ1n) is 4.35. The number of hydrogen-bond acceptors (Lipinski definition) is 4. The van der Waals surface area contributed by atoms with Gasteiger partial charge in [-0.15, -0.1) is 6.58 Å². The third-order valence-corrected chi connectivity index (χ3v) is 10.7. The van der Waals surface area contributed by atoms with Crippen LogP contribution in [0.1, 0.15) is 0 Å². The zero-order chi connectivity index (χ0) is 11.2. The Labute approximate surface area is 88.3 Å². The minimum atomic E-state index is -2.32. The van der Waals surface area contributed by atoms with Crippen LogP contribution in [0.2, 0.25) is 12.2 Å². The lowest BCUT2D eigenvalue weighted by Gasteiger charge is -2.31. The maximum atomic E-state index is 5.41. The van der Waals surface area contributed by atoms with E-state index in [-0.39, 0.29) is 0 Å².